The molecule has 29 heavy (non-hydrogen) atoms. The molecule has 1 aliphatic carbocycles. The van der Waals surface area contributed by atoms with Crippen LogP contribution < -0.4 is 16.0 Å². The fraction of sp³-hybridized carbons (Fsp3) is 0.130. The molecule has 5 nitrogen and oxygen atoms in total. The molecule has 0 saturated carbocycles. The molecule has 146 valence electrons. The van der Waals surface area contributed by atoms with Gasteiger partial charge in [0.05, 0.1) is 6.54 Å². The molecule has 0 aromatic heterocycles. The lowest BCUT2D eigenvalue weighted by Crippen LogP contribution is -2.39. The summed E-state index contributed by atoms with van der Waals surface area (Å²) in [6, 6.07) is 19.5. The molecule has 3 amide bonds. The van der Waals surface area contributed by atoms with Crippen LogP contribution in [-0.4, -0.2) is 18.5 Å². The second-order valence-corrected chi connectivity index (χ2v) is 6.92. The van der Waals surface area contributed by atoms with Gasteiger partial charge in [0.25, 0.3) is 0 Å². The molecular formula is C23H20FN3O2. The number of fused-ring (bicyclic) bond motifs is 3. The van der Waals surface area contributed by atoms with Crippen molar-refractivity contribution < 1.29 is 14.0 Å². The van der Waals surface area contributed by atoms with Crippen LogP contribution in [-0.2, 0) is 17.8 Å². The molecule has 3 aromatic carbocycles. The van der Waals surface area contributed by atoms with E-state index in [1.807, 2.05) is 30.3 Å². The molecule has 4 rings (SSSR count). The van der Waals surface area contributed by atoms with E-state index in [1.54, 1.807) is 12.1 Å². The van der Waals surface area contributed by atoms with E-state index in [1.165, 1.54) is 34.4 Å². The Bertz CT molecular complexity index is 1060. The standard InChI is InChI=1S/C23H20FN3O2/c24-18-7-5-15(6-8-18)13-25-23(29)26-14-22(28)27-19-9-10-21-17(12-19)11-16-3-1-2-4-20(16)21/h1-10,12H,11,13-14H2,(H,27,28)(H2,25,26,29). The first-order valence-corrected chi connectivity index (χ1v) is 9.36. The number of carbonyl (C=O) groups is 2. The van der Waals surface area contributed by atoms with E-state index < -0.39 is 6.03 Å². The van der Waals surface area contributed by atoms with Crippen LogP contribution >= 0.6 is 0 Å². The van der Waals surface area contributed by atoms with Crippen molar-refractivity contribution in [1.29, 1.82) is 0 Å². The smallest absolute Gasteiger partial charge is 0.315 e. The van der Waals surface area contributed by atoms with Crippen molar-refractivity contribution in [2.45, 2.75) is 13.0 Å². The van der Waals surface area contributed by atoms with Crippen LogP contribution in [0.25, 0.3) is 11.1 Å². The minimum Gasteiger partial charge on any atom is -0.334 e. The normalized spacial score (nSPS) is 11.3. The Labute approximate surface area is 168 Å². The van der Waals surface area contributed by atoms with Gasteiger partial charge in [-0.25, -0.2) is 9.18 Å². The largest absolute Gasteiger partial charge is 0.334 e. The van der Waals surface area contributed by atoms with Crippen LogP contribution in [0.15, 0.2) is 66.7 Å². The number of anilines is 1. The van der Waals surface area contributed by atoms with Gasteiger partial charge in [-0.05, 0) is 58.5 Å². The zero-order valence-corrected chi connectivity index (χ0v) is 15.7. The number of amides is 3. The fourth-order valence-electron chi connectivity index (χ4n) is 3.44. The summed E-state index contributed by atoms with van der Waals surface area (Å²) in [5, 5.41) is 7.95. The zero-order valence-electron chi connectivity index (χ0n) is 15.7. The lowest BCUT2D eigenvalue weighted by molar-refractivity contribution is -0.115. The number of halogens is 1. The Kier molecular flexibility index (Phi) is 5.24. The van der Waals surface area contributed by atoms with Gasteiger partial charge in [-0.1, -0.05) is 42.5 Å². The van der Waals surface area contributed by atoms with Crippen LogP contribution in [0.3, 0.4) is 0 Å². The molecule has 3 N–H and O–H groups in total. The Morgan fingerprint density at radius 2 is 1.62 bits per heavy atom. The van der Waals surface area contributed by atoms with E-state index in [4.69, 9.17) is 0 Å². The molecule has 0 saturated heterocycles. The molecule has 0 radical (unpaired) electrons. The van der Waals surface area contributed by atoms with E-state index in [0.717, 1.165) is 12.0 Å². The van der Waals surface area contributed by atoms with E-state index in [-0.39, 0.29) is 24.8 Å². The Morgan fingerprint density at radius 3 is 2.45 bits per heavy atom. The van der Waals surface area contributed by atoms with Crippen LogP contribution in [0.4, 0.5) is 14.9 Å². The number of nitrogens with one attached hydrogen (secondary N) is 3. The topological polar surface area (TPSA) is 70.2 Å². The monoisotopic (exact) mass is 389 g/mol. The Morgan fingerprint density at radius 1 is 0.862 bits per heavy atom. The maximum Gasteiger partial charge on any atom is 0.315 e. The van der Waals surface area contributed by atoms with Crippen molar-refractivity contribution in [2.24, 2.45) is 0 Å². The predicted octanol–water partition coefficient (Wildman–Crippen LogP) is 3.83. The van der Waals surface area contributed by atoms with Gasteiger partial charge in [0.2, 0.25) is 5.91 Å². The molecule has 0 unspecified atom stereocenters. The van der Waals surface area contributed by atoms with Gasteiger partial charge in [-0.15, -0.1) is 0 Å². The van der Waals surface area contributed by atoms with E-state index in [2.05, 4.69) is 28.1 Å². The summed E-state index contributed by atoms with van der Waals surface area (Å²) in [6.45, 7) is 0.103. The zero-order chi connectivity index (χ0) is 20.2. The second kappa shape index (κ2) is 8.14. The first kappa shape index (κ1) is 18.7. The quantitative estimate of drug-likeness (QED) is 0.485. The number of urea groups is 1. The molecular weight excluding hydrogens is 369 g/mol. The van der Waals surface area contributed by atoms with Crippen molar-refractivity contribution in [3.05, 3.63) is 89.2 Å². The van der Waals surface area contributed by atoms with Crippen molar-refractivity contribution in [1.82, 2.24) is 10.6 Å². The molecule has 1 aliphatic rings. The summed E-state index contributed by atoms with van der Waals surface area (Å²) < 4.78 is 12.9. The highest BCUT2D eigenvalue weighted by molar-refractivity contribution is 5.95. The van der Waals surface area contributed by atoms with E-state index >= 15 is 0 Å². The molecule has 0 fully saturated rings. The maximum atomic E-state index is 12.9. The number of benzene rings is 3. The summed E-state index contributed by atoms with van der Waals surface area (Å²) in [4.78, 5) is 24.0. The van der Waals surface area contributed by atoms with Crippen molar-refractivity contribution in [3.8, 4) is 11.1 Å². The molecule has 6 heteroatoms. The maximum absolute atomic E-state index is 12.9. The molecule has 0 bridgehead atoms. The third kappa shape index (κ3) is 4.43. The number of hydrogen-bond acceptors (Lipinski definition) is 2. The molecule has 0 spiro atoms. The number of hydrogen-bond donors (Lipinski definition) is 3. The summed E-state index contributed by atoms with van der Waals surface area (Å²) in [5.41, 5.74) is 6.36. The summed E-state index contributed by atoms with van der Waals surface area (Å²) in [7, 11) is 0. The summed E-state index contributed by atoms with van der Waals surface area (Å²) >= 11 is 0. The molecule has 0 heterocycles. The van der Waals surface area contributed by atoms with Crippen molar-refractivity contribution in [2.75, 3.05) is 11.9 Å². The number of rotatable bonds is 5. The Balaban J connectivity index is 1.26. The Hall–Kier alpha value is -3.67. The second-order valence-electron chi connectivity index (χ2n) is 6.92. The SMILES string of the molecule is O=C(CNC(=O)NCc1ccc(F)cc1)Nc1ccc2c(c1)Cc1ccccc1-2. The van der Waals surface area contributed by atoms with Crippen molar-refractivity contribution >= 4 is 17.6 Å². The average Bonchev–Trinajstić information content (AvgIpc) is 3.09. The molecule has 0 aliphatic heterocycles. The molecule has 0 atom stereocenters. The minimum absolute atomic E-state index is 0.146. The average molecular weight is 389 g/mol. The summed E-state index contributed by atoms with van der Waals surface area (Å²) in [5.74, 6) is -0.636. The van der Waals surface area contributed by atoms with Crippen LogP contribution in [0.5, 0.6) is 0 Å². The van der Waals surface area contributed by atoms with Gasteiger partial charge in [0, 0.05) is 12.2 Å². The van der Waals surface area contributed by atoms with Crippen molar-refractivity contribution in [3.63, 3.8) is 0 Å². The molecule has 3 aromatic rings. The van der Waals surface area contributed by atoms with Gasteiger partial charge in [-0.3, -0.25) is 4.79 Å². The van der Waals surface area contributed by atoms with Gasteiger partial charge >= 0.3 is 6.03 Å². The van der Waals surface area contributed by atoms with Gasteiger partial charge in [0.1, 0.15) is 5.82 Å². The van der Waals surface area contributed by atoms with Gasteiger partial charge in [0.15, 0.2) is 0 Å². The fourth-order valence-corrected chi connectivity index (χ4v) is 3.44. The summed E-state index contributed by atoms with van der Waals surface area (Å²) in [6.07, 6.45) is 0.846. The first-order chi connectivity index (χ1) is 14.1. The van der Waals surface area contributed by atoms with Crippen LogP contribution in [0, 0.1) is 5.82 Å². The third-order valence-corrected chi connectivity index (χ3v) is 4.85. The first-order valence-electron chi connectivity index (χ1n) is 9.36. The highest BCUT2D eigenvalue weighted by Gasteiger charge is 2.18. The third-order valence-electron chi connectivity index (χ3n) is 4.85. The van der Waals surface area contributed by atoms with Gasteiger partial charge in [-0.2, -0.15) is 0 Å². The predicted molar refractivity (Wildman–Crippen MR) is 110 cm³/mol. The highest BCUT2D eigenvalue weighted by Crippen LogP contribution is 2.37. The van der Waals surface area contributed by atoms with E-state index in [9.17, 15) is 14.0 Å². The number of carbonyl (C=O) groups excluding carboxylic acids is 2. The van der Waals surface area contributed by atoms with Gasteiger partial charge < -0.3 is 16.0 Å². The van der Waals surface area contributed by atoms with Crippen LogP contribution in [0.2, 0.25) is 0 Å². The lowest BCUT2D eigenvalue weighted by atomic mass is 10.1. The minimum atomic E-state index is -0.464. The highest BCUT2D eigenvalue weighted by atomic mass is 19.1. The van der Waals surface area contributed by atoms with E-state index in [0.29, 0.717) is 5.69 Å². The lowest BCUT2D eigenvalue weighted by Gasteiger charge is -2.10. The van der Waals surface area contributed by atoms with Crippen LogP contribution in [0.1, 0.15) is 16.7 Å².